The lowest BCUT2D eigenvalue weighted by Crippen LogP contribution is -2.39. The lowest BCUT2D eigenvalue weighted by atomic mass is 10.1. The molecule has 1 aliphatic rings. The first-order valence-electron chi connectivity index (χ1n) is 4.80. The third kappa shape index (κ3) is 3.33. The molecule has 1 rings (SSSR count). The SMILES string of the molecule is CC1SCCCC1NCCCO. The fourth-order valence-electron chi connectivity index (χ4n) is 1.56. The van der Waals surface area contributed by atoms with Gasteiger partial charge in [-0.15, -0.1) is 0 Å². The van der Waals surface area contributed by atoms with Crippen LogP contribution in [0.4, 0.5) is 0 Å². The molecule has 0 aliphatic carbocycles. The number of hydrogen-bond acceptors (Lipinski definition) is 3. The summed E-state index contributed by atoms with van der Waals surface area (Å²) < 4.78 is 0. The highest BCUT2D eigenvalue weighted by Crippen LogP contribution is 2.24. The second-order valence-corrected chi connectivity index (χ2v) is 4.84. The third-order valence-corrected chi connectivity index (χ3v) is 3.73. The van der Waals surface area contributed by atoms with Crippen LogP contribution in [-0.2, 0) is 0 Å². The number of rotatable bonds is 4. The van der Waals surface area contributed by atoms with Gasteiger partial charge < -0.3 is 10.4 Å². The number of thioether (sulfide) groups is 1. The van der Waals surface area contributed by atoms with Crippen molar-refractivity contribution in [2.75, 3.05) is 18.9 Å². The predicted octanol–water partition coefficient (Wildman–Crippen LogP) is 1.24. The number of hydrogen-bond donors (Lipinski definition) is 2. The quantitative estimate of drug-likeness (QED) is 0.653. The molecule has 0 saturated carbocycles. The number of aliphatic hydroxyl groups is 1. The molecule has 0 aromatic carbocycles. The molecule has 0 bridgehead atoms. The Morgan fingerprint density at radius 1 is 1.58 bits per heavy atom. The van der Waals surface area contributed by atoms with Crippen molar-refractivity contribution in [3.63, 3.8) is 0 Å². The molecule has 1 saturated heterocycles. The average Bonchev–Trinajstić information content (AvgIpc) is 2.09. The third-order valence-electron chi connectivity index (χ3n) is 2.35. The zero-order chi connectivity index (χ0) is 8.81. The van der Waals surface area contributed by atoms with Crippen molar-refractivity contribution in [3.05, 3.63) is 0 Å². The van der Waals surface area contributed by atoms with Gasteiger partial charge in [0.1, 0.15) is 0 Å². The van der Waals surface area contributed by atoms with E-state index in [0.29, 0.717) is 12.6 Å². The van der Waals surface area contributed by atoms with E-state index in [-0.39, 0.29) is 0 Å². The molecular formula is C9H19NOS. The molecule has 0 aromatic rings. The molecule has 2 atom stereocenters. The average molecular weight is 189 g/mol. The lowest BCUT2D eigenvalue weighted by Gasteiger charge is -2.29. The van der Waals surface area contributed by atoms with Gasteiger partial charge in [0.05, 0.1) is 0 Å². The van der Waals surface area contributed by atoms with Gasteiger partial charge in [-0.05, 0) is 31.6 Å². The maximum absolute atomic E-state index is 8.62. The van der Waals surface area contributed by atoms with Crippen molar-refractivity contribution in [2.45, 2.75) is 37.5 Å². The second-order valence-electron chi connectivity index (χ2n) is 3.36. The maximum Gasteiger partial charge on any atom is 0.0443 e. The van der Waals surface area contributed by atoms with Crippen LogP contribution in [0.2, 0.25) is 0 Å². The normalized spacial score (nSPS) is 30.5. The molecule has 72 valence electrons. The molecule has 2 unspecified atom stereocenters. The van der Waals surface area contributed by atoms with Crippen molar-refractivity contribution >= 4 is 11.8 Å². The van der Waals surface area contributed by atoms with Gasteiger partial charge in [-0.25, -0.2) is 0 Å². The van der Waals surface area contributed by atoms with Crippen LogP contribution in [0.3, 0.4) is 0 Å². The van der Waals surface area contributed by atoms with Gasteiger partial charge >= 0.3 is 0 Å². The van der Waals surface area contributed by atoms with Crippen molar-refractivity contribution in [1.29, 1.82) is 0 Å². The Labute approximate surface area is 79.1 Å². The molecule has 1 heterocycles. The van der Waals surface area contributed by atoms with Gasteiger partial charge in [-0.1, -0.05) is 6.92 Å². The predicted molar refractivity (Wildman–Crippen MR) is 54.6 cm³/mol. The van der Waals surface area contributed by atoms with Crippen LogP contribution in [0.25, 0.3) is 0 Å². The molecule has 0 aromatic heterocycles. The first-order valence-corrected chi connectivity index (χ1v) is 5.85. The highest BCUT2D eigenvalue weighted by atomic mass is 32.2. The van der Waals surface area contributed by atoms with Gasteiger partial charge in [-0.2, -0.15) is 11.8 Å². The van der Waals surface area contributed by atoms with E-state index in [9.17, 15) is 0 Å². The zero-order valence-corrected chi connectivity index (χ0v) is 8.57. The molecular weight excluding hydrogens is 170 g/mol. The van der Waals surface area contributed by atoms with Crippen LogP contribution in [0.15, 0.2) is 0 Å². The van der Waals surface area contributed by atoms with E-state index in [1.54, 1.807) is 0 Å². The van der Waals surface area contributed by atoms with Crippen molar-refractivity contribution in [3.8, 4) is 0 Å². The van der Waals surface area contributed by atoms with E-state index in [2.05, 4.69) is 24.0 Å². The lowest BCUT2D eigenvalue weighted by molar-refractivity contribution is 0.281. The standard InChI is InChI=1S/C9H19NOS/c1-8-9(4-2-7-12-8)10-5-3-6-11/h8-11H,2-7H2,1H3. The fraction of sp³-hybridized carbons (Fsp3) is 1.00. The Morgan fingerprint density at radius 3 is 3.08 bits per heavy atom. The highest BCUT2D eigenvalue weighted by molar-refractivity contribution is 7.99. The summed E-state index contributed by atoms with van der Waals surface area (Å²) in [5.74, 6) is 1.32. The van der Waals surface area contributed by atoms with Gasteiger partial charge in [0.2, 0.25) is 0 Å². The first kappa shape index (κ1) is 10.4. The Balaban J connectivity index is 2.11. The summed E-state index contributed by atoms with van der Waals surface area (Å²) in [6, 6.07) is 0.676. The molecule has 2 N–H and O–H groups in total. The molecule has 3 heteroatoms. The Hall–Kier alpha value is 0.270. The summed E-state index contributed by atoms with van der Waals surface area (Å²) >= 11 is 2.06. The second kappa shape index (κ2) is 5.84. The minimum absolute atomic E-state index is 0.307. The van der Waals surface area contributed by atoms with Gasteiger partial charge in [0, 0.05) is 17.9 Å². The zero-order valence-electron chi connectivity index (χ0n) is 7.75. The molecule has 12 heavy (non-hydrogen) atoms. The van der Waals surface area contributed by atoms with Crippen molar-refractivity contribution < 1.29 is 5.11 Å². The Kier molecular flexibility index (Phi) is 5.04. The van der Waals surface area contributed by atoms with Crippen molar-refractivity contribution in [2.24, 2.45) is 0 Å². The smallest absolute Gasteiger partial charge is 0.0443 e. The van der Waals surface area contributed by atoms with E-state index in [0.717, 1.165) is 18.2 Å². The fourth-order valence-corrected chi connectivity index (χ4v) is 2.73. The van der Waals surface area contributed by atoms with Crippen LogP contribution in [0.1, 0.15) is 26.2 Å². The van der Waals surface area contributed by atoms with Gasteiger partial charge in [-0.3, -0.25) is 0 Å². The van der Waals surface area contributed by atoms with Crippen LogP contribution in [-0.4, -0.2) is 35.3 Å². The van der Waals surface area contributed by atoms with E-state index in [4.69, 9.17) is 5.11 Å². The molecule has 1 fully saturated rings. The minimum atomic E-state index is 0.307. The van der Waals surface area contributed by atoms with Crippen LogP contribution in [0, 0.1) is 0 Å². The molecule has 1 aliphatic heterocycles. The van der Waals surface area contributed by atoms with E-state index in [1.165, 1.54) is 18.6 Å². The summed E-state index contributed by atoms with van der Waals surface area (Å²) in [6.07, 6.45) is 3.53. The molecule has 0 amide bonds. The first-order chi connectivity index (χ1) is 5.84. The largest absolute Gasteiger partial charge is 0.396 e. The van der Waals surface area contributed by atoms with Gasteiger partial charge in [0.15, 0.2) is 0 Å². The van der Waals surface area contributed by atoms with Crippen LogP contribution in [0.5, 0.6) is 0 Å². The summed E-state index contributed by atoms with van der Waals surface area (Å²) in [7, 11) is 0. The highest BCUT2D eigenvalue weighted by Gasteiger charge is 2.20. The van der Waals surface area contributed by atoms with E-state index in [1.807, 2.05) is 0 Å². The monoisotopic (exact) mass is 189 g/mol. The van der Waals surface area contributed by atoms with E-state index >= 15 is 0 Å². The number of aliphatic hydroxyl groups excluding tert-OH is 1. The van der Waals surface area contributed by atoms with Crippen LogP contribution < -0.4 is 5.32 Å². The summed E-state index contributed by atoms with van der Waals surface area (Å²) in [6.45, 7) is 3.56. The Bertz CT molecular complexity index is 121. The molecule has 0 spiro atoms. The number of nitrogens with one attached hydrogen (secondary N) is 1. The molecule has 2 nitrogen and oxygen atoms in total. The summed E-state index contributed by atoms with van der Waals surface area (Å²) in [4.78, 5) is 0. The maximum atomic E-state index is 8.62. The summed E-state index contributed by atoms with van der Waals surface area (Å²) in [5, 5.41) is 12.9. The van der Waals surface area contributed by atoms with E-state index < -0.39 is 0 Å². The minimum Gasteiger partial charge on any atom is -0.396 e. The topological polar surface area (TPSA) is 32.3 Å². The summed E-state index contributed by atoms with van der Waals surface area (Å²) in [5.41, 5.74) is 0. The van der Waals surface area contributed by atoms with Gasteiger partial charge in [0.25, 0.3) is 0 Å². The Morgan fingerprint density at radius 2 is 2.42 bits per heavy atom. The van der Waals surface area contributed by atoms with Crippen LogP contribution >= 0.6 is 11.8 Å². The molecule has 0 radical (unpaired) electrons. The van der Waals surface area contributed by atoms with Crippen molar-refractivity contribution in [1.82, 2.24) is 5.32 Å².